The average Bonchev–Trinajstić information content (AvgIpc) is 2.36. The van der Waals surface area contributed by atoms with Crippen LogP contribution in [0.4, 0.5) is 17.5 Å². The summed E-state index contributed by atoms with van der Waals surface area (Å²) in [4.78, 5) is 11.1. The predicted molar refractivity (Wildman–Crippen MR) is 93.0 cm³/mol. The molecule has 0 unspecified atom stereocenters. The van der Waals surface area contributed by atoms with E-state index in [0.29, 0.717) is 5.95 Å². The van der Waals surface area contributed by atoms with E-state index >= 15 is 0 Å². The fraction of sp³-hybridized carbons (Fsp3) is 0.412. The van der Waals surface area contributed by atoms with Crippen molar-refractivity contribution in [1.82, 2.24) is 14.9 Å². The first-order valence-electron chi connectivity index (χ1n) is 7.52. The monoisotopic (exact) mass is 299 g/mol. The van der Waals surface area contributed by atoms with Crippen LogP contribution in [0.3, 0.4) is 0 Å². The molecule has 1 heterocycles. The Hall–Kier alpha value is -2.14. The van der Waals surface area contributed by atoms with Crippen molar-refractivity contribution in [2.75, 3.05) is 37.8 Å². The lowest BCUT2D eigenvalue weighted by Crippen LogP contribution is -2.21. The van der Waals surface area contributed by atoms with Crippen LogP contribution in [0.25, 0.3) is 0 Å². The van der Waals surface area contributed by atoms with Crippen LogP contribution in [-0.4, -0.2) is 42.1 Å². The van der Waals surface area contributed by atoms with Gasteiger partial charge in [-0.3, -0.25) is 0 Å². The van der Waals surface area contributed by atoms with Crippen LogP contribution in [0, 0.1) is 20.8 Å². The molecule has 1 aromatic heterocycles. The third-order valence-electron chi connectivity index (χ3n) is 3.19. The van der Waals surface area contributed by atoms with Gasteiger partial charge < -0.3 is 15.5 Å². The number of aromatic nitrogens is 2. The standard InChI is InChI=1S/C17H25N5/c1-12-8-13(2)10-15(9-12)20-16-11-14(3)19-17(21-16)18-6-7-22(4)5/h8-11H,6-7H2,1-5H3,(H2,18,19,20,21). The number of rotatable bonds is 6. The van der Waals surface area contributed by atoms with E-state index in [1.54, 1.807) is 0 Å². The van der Waals surface area contributed by atoms with Crippen LogP contribution in [0.1, 0.15) is 16.8 Å². The lowest BCUT2D eigenvalue weighted by Gasteiger charge is -2.13. The average molecular weight is 299 g/mol. The minimum atomic E-state index is 0.661. The van der Waals surface area contributed by atoms with E-state index in [1.807, 2.05) is 27.1 Å². The van der Waals surface area contributed by atoms with Gasteiger partial charge in [-0.25, -0.2) is 4.98 Å². The summed E-state index contributed by atoms with van der Waals surface area (Å²) in [7, 11) is 4.09. The number of hydrogen-bond donors (Lipinski definition) is 2. The Bertz CT molecular complexity index is 617. The van der Waals surface area contributed by atoms with Crippen molar-refractivity contribution in [1.29, 1.82) is 0 Å². The minimum Gasteiger partial charge on any atom is -0.353 e. The van der Waals surface area contributed by atoms with E-state index in [1.165, 1.54) is 11.1 Å². The Balaban J connectivity index is 2.11. The van der Waals surface area contributed by atoms with Crippen molar-refractivity contribution in [3.8, 4) is 0 Å². The van der Waals surface area contributed by atoms with Gasteiger partial charge in [0.2, 0.25) is 5.95 Å². The van der Waals surface area contributed by atoms with Crippen LogP contribution in [0.15, 0.2) is 24.3 Å². The second-order valence-electron chi connectivity index (χ2n) is 5.95. The van der Waals surface area contributed by atoms with Crippen LogP contribution in [0.2, 0.25) is 0 Å². The van der Waals surface area contributed by atoms with Crippen molar-refractivity contribution < 1.29 is 0 Å². The molecule has 0 aliphatic carbocycles. The summed E-state index contributed by atoms with van der Waals surface area (Å²) in [6.45, 7) is 7.93. The number of nitrogens with zero attached hydrogens (tertiary/aromatic N) is 3. The Labute approximate surface area is 132 Å². The van der Waals surface area contributed by atoms with E-state index in [4.69, 9.17) is 0 Å². The molecule has 5 heteroatoms. The molecule has 0 saturated heterocycles. The molecule has 2 aromatic rings. The van der Waals surface area contributed by atoms with Gasteiger partial charge >= 0.3 is 0 Å². The summed E-state index contributed by atoms with van der Waals surface area (Å²) in [6.07, 6.45) is 0. The Kier molecular flexibility index (Phi) is 5.33. The topological polar surface area (TPSA) is 53.1 Å². The Morgan fingerprint density at radius 2 is 1.64 bits per heavy atom. The molecule has 22 heavy (non-hydrogen) atoms. The summed E-state index contributed by atoms with van der Waals surface area (Å²) in [6, 6.07) is 8.34. The largest absolute Gasteiger partial charge is 0.353 e. The minimum absolute atomic E-state index is 0.661. The highest BCUT2D eigenvalue weighted by Gasteiger charge is 2.04. The van der Waals surface area contributed by atoms with Gasteiger partial charge in [-0.1, -0.05) is 6.07 Å². The quantitative estimate of drug-likeness (QED) is 0.858. The third-order valence-corrected chi connectivity index (χ3v) is 3.19. The van der Waals surface area contributed by atoms with Crippen LogP contribution >= 0.6 is 0 Å². The van der Waals surface area contributed by atoms with Gasteiger partial charge in [0.25, 0.3) is 0 Å². The maximum absolute atomic E-state index is 4.53. The van der Waals surface area contributed by atoms with Crippen LogP contribution in [-0.2, 0) is 0 Å². The molecule has 0 bridgehead atoms. The molecular formula is C17H25N5. The van der Waals surface area contributed by atoms with Crippen LogP contribution < -0.4 is 10.6 Å². The van der Waals surface area contributed by atoms with Crippen molar-refractivity contribution >= 4 is 17.5 Å². The number of hydrogen-bond acceptors (Lipinski definition) is 5. The summed E-state index contributed by atoms with van der Waals surface area (Å²) in [5, 5.41) is 6.63. The van der Waals surface area contributed by atoms with Gasteiger partial charge in [-0.15, -0.1) is 0 Å². The summed E-state index contributed by atoms with van der Waals surface area (Å²) in [5.74, 6) is 1.47. The van der Waals surface area contributed by atoms with E-state index in [-0.39, 0.29) is 0 Å². The fourth-order valence-electron chi connectivity index (χ4n) is 2.30. The third kappa shape index (κ3) is 5.00. The molecule has 0 fully saturated rings. The van der Waals surface area contributed by atoms with Gasteiger partial charge in [0.1, 0.15) is 5.82 Å². The molecule has 2 rings (SSSR count). The molecule has 0 radical (unpaired) electrons. The second kappa shape index (κ2) is 7.22. The van der Waals surface area contributed by atoms with Gasteiger partial charge in [-0.05, 0) is 58.1 Å². The van der Waals surface area contributed by atoms with E-state index in [0.717, 1.165) is 30.3 Å². The van der Waals surface area contributed by atoms with E-state index in [9.17, 15) is 0 Å². The number of nitrogens with one attached hydrogen (secondary N) is 2. The van der Waals surface area contributed by atoms with Gasteiger partial charge in [-0.2, -0.15) is 4.98 Å². The van der Waals surface area contributed by atoms with Gasteiger partial charge in [0.15, 0.2) is 0 Å². The van der Waals surface area contributed by atoms with Crippen LogP contribution in [0.5, 0.6) is 0 Å². The normalized spacial score (nSPS) is 10.8. The number of anilines is 3. The number of aryl methyl sites for hydroxylation is 3. The second-order valence-corrected chi connectivity index (χ2v) is 5.95. The molecular weight excluding hydrogens is 274 g/mol. The van der Waals surface area contributed by atoms with E-state index < -0.39 is 0 Å². The number of benzene rings is 1. The molecule has 0 atom stereocenters. The van der Waals surface area contributed by atoms with Crippen molar-refractivity contribution in [3.05, 3.63) is 41.1 Å². The molecule has 0 aliphatic rings. The lowest BCUT2D eigenvalue weighted by molar-refractivity contribution is 0.425. The Morgan fingerprint density at radius 3 is 2.27 bits per heavy atom. The summed E-state index contributed by atoms with van der Waals surface area (Å²) in [5.41, 5.74) is 4.46. The molecule has 118 valence electrons. The maximum atomic E-state index is 4.53. The molecule has 0 amide bonds. The maximum Gasteiger partial charge on any atom is 0.224 e. The van der Waals surface area contributed by atoms with Gasteiger partial charge in [0, 0.05) is 30.5 Å². The first kappa shape index (κ1) is 16.2. The SMILES string of the molecule is Cc1cc(C)cc(Nc2cc(C)nc(NCCN(C)C)n2)c1. The highest BCUT2D eigenvalue weighted by Crippen LogP contribution is 2.19. The molecule has 5 nitrogen and oxygen atoms in total. The first-order valence-corrected chi connectivity index (χ1v) is 7.52. The highest BCUT2D eigenvalue weighted by atomic mass is 15.2. The zero-order valence-electron chi connectivity index (χ0n) is 14.1. The highest BCUT2D eigenvalue weighted by molar-refractivity contribution is 5.59. The molecule has 1 aromatic carbocycles. The summed E-state index contributed by atoms with van der Waals surface area (Å²) >= 11 is 0. The van der Waals surface area contributed by atoms with Gasteiger partial charge in [0.05, 0.1) is 0 Å². The zero-order valence-corrected chi connectivity index (χ0v) is 14.1. The zero-order chi connectivity index (χ0) is 16.1. The lowest BCUT2D eigenvalue weighted by atomic mass is 10.1. The van der Waals surface area contributed by atoms with Crippen molar-refractivity contribution in [3.63, 3.8) is 0 Å². The fourth-order valence-corrected chi connectivity index (χ4v) is 2.30. The van der Waals surface area contributed by atoms with Crippen molar-refractivity contribution in [2.24, 2.45) is 0 Å². The predicted octanol–water partition coefficient (Wildman–Crippen LogP) is 3.12. The first-order chi connectivity index (χ1) is 10.4. The Morgan fingerprint density at radius 1 is 0.955 bits per heavy atom. The molecule has 0 aliphatic heterocycles. The molecule has 2 N–H and O–H groups in total. The molecule has 0 saturated carbocycles. The van der Waals surface area contributed by atoms with Crippen molar-refractivity contribution in [2.45, 2.75) is 20.8 Å². The van der Waals surface area contributed by atoms with E-state index in [2.05, 4.69) is 57.5 Å². The number of likely N-dealkylation sites (N-methyl/N-ethyl adjacent to an activating group) is 1. The smallest absolute Gasteiger partial charge is 0.224 e. The molecule has 0 spiro atoms. The summed E-state index contributed by atoms with van der Waals surface area (Å²) < 4.78 is 0.